The van der Waals surface area contributed by atoms with Crippen molar-refractivity contribution in [3.8, 4) is 34.0 Å². The maximum Gasteiger partial charge on any atom is 0.101 e. The minimum atomic E-state index is 0.559. The zero-order chi connectivity index (χ0) is 26.6. The number of hydrogen-bond acceptors (Lipinski definition) is 3. The molecular weight excluding hydrogens is 506 g/mol. The van der Waals surface area contributed by atoms with Gasteiger partial charge in [0.1, 0.15) is 6.07 Å². The van der Waals surface area contributed by atoms with Crippen LogP contribution in [0.25, 0.3) is 69.9 Å². The van der Waals surface area contributed by atoms with E-state index in [1.807, 2.05) is 23.6 Å². The van der Waals surface area contributed by atoms with Gasteiger partial charge in [0.15, 0.2) is 0 Å². The van der Waals surface area contributed by atoms with Gasteiger partial charge < -0.3 is 4.57 Å². The van der Waals surface area contributed by atoms with E-state index in [0.29, 0.717) is 5.56 Å². The van der Waals surface area contributed by atoms with Crippen molar-refractivity contribution in [2.75, 3.05) is 0 Å². The molecule has 0 aliphatic carbocycles. The van der Waals surface area contributed by atoms with Gasteiger partial charge in [-0.05, 0) is 59.2 Å². The average molecular weight is 528 g/mol. The molecule has 8 rings (SSSR count). The monoisotopic (exact) mass is 527 g/mol. The van der Waals surface area contributed by atoms with Crippen LogP contribution >= 0.6 is 11.3 Å². The third kappa shape index (κ3) is 3.46. The number of thiophene rings is 1. The van der Waals surface area contributed by atoms with Crippen molar-refractivity contribution in [3.05, 3.63) is 133 Å². The Bertz CT molecular complexity index is 2300. The lowest BCUT2D eigenvalue weighted by molar-refractivity contribution is 1.18. The lowest BCUT2D eigenvalue weighted by Gasteiger charge is -2.11. The van der Waals surface area contributed by atoms with Gasteiger partial charge in [-0.3, -0.25) is 4.98 Å². The molecule has 40 heavy (non-hydrogen) atoms. The molecule has 0 bridgehead atoms. The summed E-state index contributed by atoms with van der Waals surface area (Å²) in [5.41, 5.74) is 8.33. The Balaban J connectivity index is 1.33. The molecule has 5 aromatic carbocycles. The molecule has 0 radical (unpaired) electrons. The molecule has 3 aromatic heterocycles. The second-order valence-corrected chi connectivity index (χ2v) is 11.0. The lowest BCUT2D eigenvalue weighted by atomic mass is 9.99. The molecule has 0 amide bonds. The van der Waals surface area contributed by atoms with Crippen molar-refractivity contribution in [1.29, 1.82) is 5.26 Å². The molecule has 186 valence electrons. The fourth-order valence-electron chi connectivity index (χ4n) is 5.87. The Morgan fingerprint density at radius 2 is 1.35 bits per heavy atom. The van der Waals surface area contributed by atoms with Crippen LogP contribution < -0.4 is 0 Å². The number of hydrogen-bond donors (Lipinski definition) is 0. The first-order valence-electron chi connectivity index (χ1n) is 13.2. The summed E-state index contributed by atoms with van der Waals surface area (Å²) in [7, 11) is 0. The van der Waals surface area contributed by atoms with Crippen LogP contribution in [0.2, 0.25) is 0 Å². The number of benzene rings is 5. The summed E-state index contributed by atoms with van der Waals surface area (Å²) in [5.74, 6) is 0. The summed E-state index contributed by atoms with van der Waals surface area (Å²) in [6, 6.07) is 43.2. The largest absolute Gasteiger partial charge is 0.309 e. The predicted molar refractivity (Wildman–Crippen MR) is 167 cm³/mol. The minimum Gasteiger partial charge on any atom is -0.309 e. The number of nitrogens with zero attached hydrogens (tertiary/aromatic N) is 3. The van der Waals surface area contributed by atoms with Gasteiger partial charge in [0.05, 0.1) is 16.6 Å². The number of rotatable bonds is 3. The van der Waals surface area contributed by atoms with Crippen molar-refractivity contribution < 1.29 is 0 Å². The molecule has 0 saturated carbocycles. The highest BCUT2D eigenvalue weighted by molar-refractivity contribution is 7.26. The van der Waals surface area contributed by atoms with Gasteiger partial charge in [-0.15, -0.1) is 11.3 Å². The van der Waals surface area contributed by atoms with Gasteiger partial charge >= 0.3 is 0 Å². The van der Waals surface area contributed by atoms with Crippen molar-refractivity contribution >= 4 is 53.3 Å². The number of pyridine rings is 1. The van der Waals surface area contributed by atoms with Crippen LogP contribution in [0.3, 0.4) is 0 Å². The SMILES string of the molecule is N#Cc1cncc(-c2cccc(-c3cccc(-n4c5ccccc5c5c6sc7ccccc7c6ccc54)c3)c2)c1. The Labute approximate surface area is 234 Å². The highest BCUT2D eigenvalue weighted by Crippen LogP contribution is 2.43. The second kappa shape index (κ2) is 8.91. The summed E-state index contributed by atoms with van der Waals surface area (Å²) in [5, 5.41) is 14.5. The Kier molecular flexibility index (Phi) is 5.06. The minimum absolute atomic E-state index is 0.559. The average Bonchev–Trinajstić information content (AvgIpc) is 3.57. The molecule has 0 N–H and O–H groups in total. The van der Waals surface area contributed by atoms with Crippen molar-refractivity contribution in [2.24, 2.45) is 0 Å². The van der Waals surface area contributed by atoms with E-state index in [9.17, 15) is 5.26 Å². The summed E-state index contributed by atoms with van der Waals surface area (Å²) in [6.07, 6.45) is 3.40. The number of fused-ring (bicyclic) bond motifs is 7. The summed E-state index contributed by atoms with van der Waals surface area (Å²) < 4.78 is 5.05. The Morgan fingerprint density at radius 1 is 0.600 bits per heavy atom. The molecule has 0 unspecified atom stereocenters. The second-order valence-electron chi connectivity index (χ2n) is 9.99. The van der Waals surface area contributed by atoms with E-state index in [1.54, 1.807) is 6.20 Å². The maximum atomic E-state index is 9.32. The van der Waals surface area contributed by atoms with Crippen molar-refractivity contribution in [3.63, 3.8) is 0 Å². The van der Waals surface area contributed by atoms with Crippen LogP contribution in [0, 0.1) is 11.3 Å². The number of nitriles is 1. The maximum absolute atomic E-state index is 9.32. The molecule has 0 atom stereocenters. The molecular formula is C36H21N3S. The Hall–Kier alpha value is -5.24. The van der Waals surface area contributed by atoms with E-state index in [4.69, 9.17) is 0 Å². The molecule has 0 fully saturated rings. The zero-order valence-corrected chi connectivity index (χ0v) is 22.2. The first-order valence-corrected chi connectivity index (χ1v) is 14.0. The molecule has 3 heterocycles. The highest BCUT2D eigenvalue weighted by Gasteiger charge is 2.17. The van der Waals surface area contributed by atoms with Gasteiger partial charge in [0, 0.05) is 54.6 Å². The third-order valence-electron chi connectivity index (χ3n) is 7.68. The predicted octanol–water partition coefficient (Wildman–Crippen LogP) is 9.75. The van der Waals surface area contributed by atoms with Crippen LogP contribution in [-0.4, -0.2) is 9.55 Å². The topological polar surface area (TPSA) is 41.6 Å². The summed E-state index contributed by atoms with van der Waals surface area (Å²) in [6.45, 7) is 0. The fourth-order valence-corrected chi connectivity index (χ4v) is 7.13. The molecule has 3 nitrogen and oxygen atoms in total. The lowest BCUT2D eigenvalue weighted by Crippen LogP contribution is -1.94. The van der Waals surface area contributed by atoms with Crippen LogP contribution in [0.4, 0.5) is 0 Å². The molecule has 0 aliphatic rings. The first-order chi connectivity index (χ1) is 19.8. The molecule has 0 aliphatic heterocycles. The zero-order valence-electron chi connectivity index (χ0n) is 21.4. The van der Waals surface area contributed by atoms with Gasteiger partial charge in [0.25, 0.3) is 0 Å². The van der Waals surface area contributed by atoms with Crippen LogP contribution in [0.5, 0.6) is 0 Å². The summed E-state index contributed by atoms with van der Waals surface area (Å²) >= 11 is 1.88. The van der Waals surface area contributed by atoms with E-state index in [-0.39, 0.29) is 0 Å². The normalized spacial score (nSPS) is 11.5. The van der Waals surface area contributed by atoms with E-state index in [2.05, 4.69) is 125 Å². The highest BCUT2D eigenvalue weighted by atomic mass is 32.1. The van der Waals surface area contributed by atoms with Crippen molar-refractivity contribution in [1.82, 2.24) is 9.55 Å². The third-order valence-corrected chi connectivity index (χ3v) is 8.89. The standard InChI is InChI=1S/C36H21N3S/c37-20-23-17-27(22-38-21-23)25-8-5-7-24(18-25)26-9-6-10-28(19-26)39-32-13-3-1-12-31(32)35-33(39)16-15-30-29-11-2-4-14-34(29)40-36(30)35/h1-19,21-22H. The van der Waals surface area contributed by atoms with Crippen molar-refractivity contribution in [2.45, 2.75) is 0 Å². The number of aromatic nitrogens is 2. The molecule has 4 heteroatoms. The molecule has 0 saturated heterocycles. The molecule has 8 aromatic rings. The smallest absolute Gasteiger partial charge is 0.101 e. The number of para-hydroxylation sites is 1. The van der Waals surface area contributed by atoms with Crippen LogP contribution in [-0.2, 0) is 0 Å². The van der Waals surface area contributed by atoms with Gasteiger partial charge in [-0.2, -0.15) is 5.26 Å². The van der Waals surface area contributed by atoms with Gasteiger partial charge in [-0.1, -0.05) is 72.8 Å². The first kappa shape index (κ1) is 22.7. The quantitative estimate of drug-likeness (QED) is 0.229. The fraction of sp³-hybridized carbons (Fsp3) is 0. The van der Waals surface area contributed by atoms with Gasteiger partial charge in [0.2, 0.25) is 0 Å². The van der Waals surface area contributed by atoms with E-state index in [0.717, 1.165) is 27.9 Å². The van der Waals surface area contributed by atoms with E-state index < -0.39 is 0 Å². The van der Waals surface area contributed by atoms with Crippen LogP contribution in [0.15, 0.2) is 128 Å². The van der Waals surface area contributed by atoms with E-state index >= 15 is 0 Å². The van der Waals surface area contributed by atoms with Crippen LogP contribution in [0.1, 0.15) is 5.56 Å². The van der Waals surface area contributed by atoms with Gasteiger partial charge in [-0.25, -0.2) is 0 Å². The molecule has 0 spiro atoms. The van der Waals surface area contributed by atoms with E-state index in [1.165, 1.54) is 42.0 Å². The Morgan fingerprint density at radius 3 is 2.23 bits per heavy atom. The summed E-state index contributed by atoms with van der Waals surface area (Å²) in [4.78, 5) is 4.25.